The molecule has 0 saturated carbocycles. The molecule has 0 radical (unpaired) electrons. The molecule has 156 valence electrons. The number of unbranched alkanes of at least 4 members (excludes halogenated alkanes) is 11. The summed E-state index contributed by atoms with van der Waals surface area (Å²) in [6.45, 7) is 3.48. The maximum atomic E-state index is 12.0. The van der Waals surface area contributed by atoms with Gasteiger partial charge in [0.2, 0.25) is 0 Å². The zero-order valence-corrected chi connectivity index (χ0v) is 17.1. The summed E-state index contributed by atoms with van der Waals surface area (Å²) in [5.74, 6) is -1.15. The Hall–Kier alpha value is -1.20. The number of carbonyl (C=O) groups is 2. The van der Waals surface area contributed by atoms with E-state index >= 15 is 0 Å². The highest BCUT2D eigenvalue weighted by atomic mass is 16.6. The third-order valence-electron chi connectivity index (χ3n) is 5.39. The summed E-state index contributed by atoms with van der Waals surface area (Å²) in [6, 6.07) is 0. The molecular weight excluding hydrogens is 344 g/mol. The largest absolute Gasteiger partial charge is 0.459 e. The second-order valence-electron chi connectivity index (χ2n) is 7.77. The molecule has 2 N–H and O–H groups in total. The van der Waals surface area contributed by atoms with Gasteiger partial charge in [-0.3, -0.25) is 9.59 Å². The van der Waals surface area contributed by atoms with Crippen LogP contribution in [0.3, 0.4) is 0 Å². The molecule has 5 heteroatoms. The van der Waals surface area contributed by atoms with Crippen LogP contribution in [-0.2, 0) is 14.3 Å². The predicted molar refractivity (Wildman–Crippen MR) is 106 cm³/mol. The van der Waals surface area contributed by atoms with Crippen molar-refractivity contribution in [1.82, 2.24) is 0 Å². The van der Waals surface area contributed by atoms with Gasteiger partial charge in [-0.15, -0.1) is 0 Å². The van der Waals surface area contributed by atoms with Crippen LogP contribution in [0.4, 0.5) is 0 Å². The van der Waals surface area contributed by atoms with Crippen molar-refractivity contribution in [2.45, 2.75) is 115 Å². The maximum absolute atomic E-state index is 12.0. The first-order chi connectivity index (χ1) is 12.9. The first-order valence-electron chi connectivity index (χ1n) is 10.7. The summed E-state index contributed by atoms with van der Waals surface area (Å²) in [6.07, 6.45) is 15.0. The van der Waals surface area contributed by atoms with E-state index in [1.165, 1.54) is 70.8 Å². The average molecular weight is 383 g/mol. The fourth-order valence-corrected chi connectivity index (χ4v) is 3.69. The molecule has 27 heavy (non-hydrogen) atoms. The Morgan fingerprint density at radius 3 is 1.93 bits per heavy atom. The fraction of sp³-hybridized carbons (Fsp3) is 0.818. The molecule has 1 aliphatic carbocycles. The van der Waals surface area contributed by atoms with E-state index in [4.69, 9.17) is 4.74 Å². The minimum Gasteiger partial charge on any atom is -0.459 e. The van der Waals surface area contributed by atoms with Crippen molar-refractivity contribution in [3.05, 3.63) is 12.2 Å². The summed E-state index contributed by atoms with van der Waals surface area (Å²) in [5, 5.41) is 20.5. The van der Waals surface area contributed by atoms with Gasteiger partial charge in [0.25, 0.3) is 0 Å². The minimum atomic E-state index is -2.04. The highest BCUT2D eigenvalue weighted by Crippen LogP contribution is 2.30. The van der Waals surface area contributed by atoms with Crippen molar-refractivity contribution < 1.29 is 24.5 Å². The van der Waals surface area contributed by atoms with Crippen molar-refractivity contribution in [3.8, 4) is 0 Å². The van der Waals surface area contributed by atoms with Gasteiger partial charge in [-0.2, -0.15) is 0 Å². The van der Waals surface area contributed by atoms with Gasteiger partial charge in [-0.05, 0) is 25.0 Å². The molecule has 1 aliphatic rings. The summed E-state index contributed by atoms with van der Waals surface area (Å²) in [4.78, 5) is 23.3. The van der Waals surface area contributed by atoms with Crippen LogP contribution in [-0.4, -0.2) is 39.8 Å². The molecular formula is C22H38O5. The zero-order chi connectivity index (χ0) is 20.1. The Balaban J connectivity index is 2.18. The van der Waals surface area contributed by atoms with E-state index in [1.54, 1.807) is 0 Å². The molecule has 0 heterocycles. The lowest BCUT2D eigenvalue weighted by Gasteiger charge is -2.33. The predicted octanol–water partition coefficient (Wildman–Crippen LogP) is 4.24. The zero-order valence-electron chi connectivity index (χ0n) is 17.1. The number of aliphatic hydroxyl groups is 2. The van der Waals surface area contributed by atoms with Gasteiger partial charge in [0.1, 0.15) is 12.2 Å². The van der Waals surface area contributed by atoms with Gasteiger partial charge in [0, 0.05) is 6.92 Å². The lowest BCUT2D eigenvalue weighted by molar-refractivity contribution is -0.178. The van der Waals surface area contributed by atoms with E-state index in [9.17, 15) is 19.8 Å². The number of hydrogen-bond donors (Lipinski definition) is 2. The Labute approximate surface area is 164 Å². The highest BCUT2D eigenvalue weighted by Gasteiger charge is 2.52. The third kappa shape index (κ3) is 8.14. The van der Waals surface area contributed by atoms with Gasteiger partial charge in [-0.1, -0.05) is 77.6 Å². The van der Waals surface area contributed by atoms with Crippen LogP contribution in [0.15, 0.2) is 12.2 Å². The molecule has 0 aromatic carbocycles. The van der Waals surface area contributed by atoms with Crippen LogP contribution in [0.2, 0.25) is 0 Å². The Bertz CT molecular complexity index is 473. The molecule has 0 aliphatic heterocycles. The summed E-state index contributed by atoms with van der Waals surface area (Å²) >= 11 is 0. The molecule has 0 spiro atoms. The highest BCUT2D eigenvalue weighted by molar-refractivity contribution is 6.01. The summed E-state index contributed by atoms with van der Waals surface area (Å²) in [7, 11) is 0. The second-order valence-corrected chi connectivity index (χ2v) is 7.77. The molecule has 3 atom stereocenters. The first-order valence-corrected chi connectivity index (χ1v) is 10.7. The van der Waals surface area contributed by atoms with Crippen LogP contribution in [0, 0.1) is 0 Å². The number of rotatable bonds is 15. The van der Waals surface area contributed by atoms with Crippen molar-refractivity contribution in [1.29, 1.82) is 0 Å². The van der Waals surface area contributed by atoms with Crippen LogP contribution in [0.25, 0.3) is 0 Å². The number of carbonyl (C=O) groups excluding carboxylic acids is 2. The van der Waals surface area contributed by atoms with Crippen molar-refractivity contribution in [3.63, 3.8) is 0 Å². The second kappa shape index (κ2) is 13.1. The van der Waals surface area contributed by atoms with E-state index in [2.05, 4.69) is 6.92 Å². The Morgan fingerprint density at radius 1 is 1.04 bits per heavy atom. The van der Waals surface area contributed by atoms with Gasteiger partial charge in [-0.25, -0.2) is 0 Å². The smallest absolute Gasteiger partial charge is 0.303 e. The Kier molecular flexibility index (Phi) is 11.5. The van der Waals surface area contributed by atoms with E-state index in [0.717, 1.165) is 25.3 Å². The van der Waals surface area contributed by atoms with Crippen LogP contribution in [0.5, 0.6) is 0 Å². The van der Waals surface area contributed by atoms with Crippen LogP contribution < -0.4 is 0 Å². The minimum absolute atomic E-state index is 0.373. The van der Waals surface area contributed by atoms with Gasteiger partial charge >= 0.3 is 5.97 Å². The quantitative estimate of drug-likeness (QED) is 0.327. The van der Waals surface area contributed by atoms with Crippen LogP contribution in [0.1, 0.15) is 97.3 Å². The SMILES string of the molecule is CCCCCCCCCCCCCCC(OC(C)=O)[C@@]1(O)C(=O)C=C[C@@H]1O. The molecule has 0 saturated heterocycles. The maximum Gasteiger partial charge on any atom is 0.303 e. The van der Waals surface area contributed by atoms with E-state index in [1.807, 2.05) is 0 Å². The standard InChI is InChI=1S/C22H38O5/c1-3-4-5-6-7-8-9-10-11-12-13-14-15-21(27-18(2)23)22(26)19(24)16-17-20(22)25/h16-17,19,21,24,26H,3-15H2,1-2H3/t19-,21?,22-/m0/s1. The van der Waals surface area contributed by atoms with E-state index in [-0.39, 0.29) is 0 Å². The number of ketones is 1. The lowest BCUT2D eigenvalue weighted by atomic mass is 9.87. The fourth-order valence-electron chi connectivity index (χ4n) is 3.69. The molecule has 0 bridgehead atoms. The monoisotopic (exact) mass is 382 g/mol. The molecule has 1 rings (SSSR count). The Morgan fingerprint density at radius 2 is 1.52 bits per heavy atom. The van der Waals surface area contributed by atoms with Gasteiger partial charge in [0.05, 0.1) is 0 Å². The molecule has 0 amide bonds. The average Bonchev–Trinajstić information content (AvgIpc) is 2.89. The van der Waals surface area contributed by atoms with Crippen LogP contribution >= 0.6 is 0 Å². The van der Waals surface area contributed by atoms with E-state index < -0.39 is 29.6 Å². The normalized spacial score (nSPS) is 23.0. The molecule has 5 nitrogen and oxygen atoms in total. The van der Waals surface area contributed by atoms with Crippen molar-refractivity contribution in [2.75, 3.05) is 0 Å². The van der Waals surface area contributed by atoms with Crippen molar-refractivity contribution in [2.24, 2.45) is 0 Å². The third-order valence-corrected chi connectivity index (χ3v) is 5.39. The lowest BCUT2D eigenvalue weighted by Crippen LogP contribution is -2.55. The molecule has 0 aromatic heterocycles. The summed E-state index contributed by atoms with van der Waals surface area (Å²) < 4.78 is 5.17. The van der Waals surface area contributed by atoms with E-state index in [0.29, 0.717) is 6.42 Å². The molecule has 0 fully saturated rings. The topological polar surface area (TPSA) is 83.8 Å². The molecule has 1 unspecified atom stereocenters. The number of hydrogen-bond acceptors (Lipinski definition) is 5. The number of esters is 1. The van der Waals surface area contributed by atoms with Gasteiger partial charge in [0.15, 0.2) is 11.4 Å². The summed E-state index contributed by atoms with van der Waals surface area (Å²) in [5.41, 5.74) is -2.04. The number of ether oxygens (including phenoxy) is 1. The molecule has 0 aromatic rings. The van der Waals surface area contributed by atoms with Gasteiger partial charge < -0.3 is 14.9 Å². The van der Waals surface area contributed by atoms with Crippen molar-refractivity contribution >= 4 is 11.8 Å². The first kappa shape index (κ1) is 23.8. The number of aliphatic hydroxyl groups excluding tert-OH is 1.